The van der Waals surface area contributed by atoms with Gasteiger partial charge in [-0.25, -0.2) is 8.42 Å². The molecule has 6 heteroatoms. The molecular weight excluding hydrogens is 278 g/mol. The summed E-state index contributed by atoms with van der Waals surface area (Å²) in [6.07, 6.45) is 0.595. The van der Waals surface area contributed by atoms with Crippen molar-refractivity contribution >= 4 is 15.6 Å². The minimum Gasteiger partial charge on any atom is -0.497 e. The first-order valence-electron chi connectivity index (χ1n) is 6.60. The molecule has 0 saturated carbocycles. The summed E-state index contributed by atoms with van der Waals surface area (Å²) in [6.45, 7) is 1.35. The van der Waals surface area contributed by atoms with Crippen LogP contribution in [0.1, 0.15) is 16.8 Å². The second-order valence-electron chi connectivity index (χ2n) is 4.93. The largest absolute Gasteiger partial charge is 0.497 e. The van der Waals surface area contributed by atoms with Crippen molar-refractivity contribution in [1.82, 2.24) is 4.90 Å². The Hall–Kier alpha value is -1.40. The summed E-state index contributed by atoms with van der Waals surface area (Å²) in [4.78, 5) is 14.1. The lowest BCUT2D eigenvalue weighted by molar-refractivity contribution is 0.0935. The molecule has 1 aromatic rings. The number of hydrogen-bond acceptors (Lipinski definition) is 5. The molecule has 1 fully saturated rings. The van der Waals surface area contributed by atoms with Gasteiger partial charge in [-0.1, -0.05) is 0 Å². The SMILES string of the molecule is COc1ccc(C(=O)CN2CCCS(=O)(=O)CC2)cc1. The molecule has 0 atom stereocenters. The Morgan fingerprint density at radius 1 is 1.20 bits per heavy atom. The van der Waals surface area contributed by atoms with E-state index in [1.165, 1.54) is 0 Å². The second-order valence-corrected chi connectivity index (χ2v) is 7.24. The average molecular weight is 297 g/mol. The zero-order chi connectivity index (χ0) is 14.6. The first-order valence-corrected chi connectivity index (χ1v) is 8.42. The third-order valence-electron chi connectivity index (χ3n) is 3.43. The van der Waals surface area contributed by atoms with E-state index in [1.807, 2.05) is 4.90 Å². The normalized spacial score (nSPS) is 19.2. The summed E-state index contributed by atoms with van der Waals surface area (Å²) in [7, 11) is -1.35. The van der Waals surface area contributed by atoms with Gasteiger partial charge in [0.1, 0.15) is 5.75 Å². The monoisotopic (exact) mass is 297 g/mol. The fourth-order valence-electron chi connectivity index (χ4n) is 2.22. The molecule has 0 amide bonds. The number of Topliss-reactive ketones (excluding diaryl/α,β-unsaturated/α-hetero) is 1. The van der Waals surface area contributed by atoms with E-state index >= 15 is 0 Å². The van der Waals surface area contributed by atoms with Crippen LogP contribution in [0.5, 0.6) is 5.75 Å². The predicted octanol–water partition coefficient (Wildman–Crippen LogP) is 0.998. The number of hydrogen-bond donors (Lipinski definition) is 0. The van der Waals surface area contributed by atoms with Gasteiger partial charge in [0.05, 0.1) is 25.2 Å². The van der Waals surface area contributed by atoms with Crippen molar-refractivity contribution < 1.29 is 17.9 Å². The lowest BCUT2D eigenvalue weighted by atomic mass is 10.1. The van der Waals surface area contributed by atoms with Crippen molar-refractivity contribution in [1.29, 1.82) is 0 Å². The maximum Gasteiger partial charge on any atom is 0.176 e. The van der Waals surface area contributed by atoms with Crippen molar-refractivity contribution in [3.63, 3.8) is 0 Å². The Kier molecular flexibility index (Phi) is 4.77. The van der Waals surface area contributed by atoms with E-state index in [4.69, 9.17) is 4.74 Å². The van der Waals surface area contributed by atoms with Gasteiger partial charge in [-0.3, -0.25) is 9.69 Å². The van der Waals surface area contributed by atoms with Gasteiger partial charge in [0.2, 0.25) is 0 Å². The Bertz CT molecular complexity index is 565. The highest BCUT2D eigenvalue weighted by atomic mass is 32.2. The number of sulfone groups is 1. The highest BCUT2D eigenvalue weighted by molar-refractivity contribution is 7.91. The highest BCUT2D eigenvalue weighted by Crippen LogP contribution is 2.13. The first kappa shape index (κ1) is 15.0. The second kappa shape index (κ2) is 6.37. The molecule has 0 aromatic heterocycles. The van der Waals surface area contributed by atoms with Crippen LogP contribution in [0.2, 0.25) is 0 Å². The number of methoxy groups -OCH3 is 1. The summed E-state index contributed by atoms with van der Waals surface area (Å²) in [5, 5.41) is 0. The van der Waals surface area contributed by atoms with Crippen LogP contribution in [0.4, 0.5) is 0 Å². The molecule has 0 radical (unpaired) electrons. The van der Waals surface area contributed by atoms with E-state index < -0.39 is 9.84 Å². The van der Waals surface area contributed by atoms with E-state index in [-0.39, 0.29) is 23.8 Å². The van der Waals surface area contributed by atoms with Crippen LogP contribution < -0.4 is 4.74 Å². The molecule has 1 aromatic carbocycles. The molecule has 0 unspecified atom stereocenters. The minimum atomic E-state index is -2.93. The molecule has 110 valence electrons. The van der Waals surface area contributed by atoms with Gasteiger partial charge < -0.3 is 4.74 Å². The summed E-state index contributed by atoms with van der Waals surface area (Å²) >= 11 is 0. The number of nitrogens with zero attached hydrogens (tertiary/aromatic N) is 1. The number of benzene rings is 1. The zero-order valence-corrected chi connectivity index (χ0v) is 12.4. The topological polar surface area (TPSA) is 63.7 Å². The van der Waals surface area contributed by atoms with Gasteiger partial charge in [0.25, 0.3) is 0 Å². The molecule has 0 bridgehead atoms. The van der Waals surface area contributed by atoms with E-state index in [0.717, 1.165) is 0 Å². The zero-order valence-electron chi connectivity index (χ0n) is 11.5. The van der Waals surface area contributed by atoms with Gasteiger partial charge in [-0.15, -0.1) is 0 Å². The van der Waals surface area contributed by atoms with Crippen LogP contribution >= 0.6 is 0 Å². The molecule has 0 N–H and O–H groups in total. The highest BCUT2D eigenvalue weighted by Gasteiger charge is 2.21. The van der Waals surface area contributed by atoms with Crippen LogP contribution in [0.25, 0.3) is 0 Å². The van der Waals surface area contributed by atoms with E-state index in [9.17, 15) is 13.2 Å². The predicted molar refractivity (Wildman–Crippen MR) is 77.0 cm³/mol. The quantitative estimate of drug-likeness (QED) is 0.776. The standard InChI is InChI=1S/C14H19NO4S/c1-19-13-5-3-12(4-6-13)14(16)11-15-7-2-9-20(17,18)10-8-15/h3-6H,2,7-11H2,1H3. The maximum absolute atomic E-state index is 12.2. The fraction of sp³-hybridized carbons (Fsp3) is 0.500. The summed E-state index contributed by atoms with van der Waals surface area (Å²) < 4.78 is 28.1. The minimum absolute atomic E-state index is 0.00644. The Labute approximate surface area is 119 Å². The van der Waals surface area contributed by atoms with Crippen molar-refractivity contribution in [2.24, 2.45) is 0 Å². The van der Waals surface area contributed by atoms with E-state index in [2.05, 4.69) is 0 Å². The summed E-state index contributed by atoms with van der Waals surface area (Å²) in [5.41, 5.74) is 0.623. The Morgan fingerprint density at radius 3 is 2.55 bits per heavy atom. The Morgan fingerprint density at radius 2 is 1.90 bits per heavy atom. The first-order chi connectivity index (χ1) is 9.50. The van der Waals surface area contributed by atoms with Crippen LogP contribution in [0.3, 0.4) is 0 Å². The number of rotatable bonds is 4. The molecule has 1 aliphatic heterocycles. The molecule has 1 saturated heterocycles. The van der Waals surface area contributed by atoms with Crippen LogP contribution in [-0.2, 0) is 9.84 Å². The average Bonchev–Trinajstić information content (AvgIpc) is 2.60. The number of ether oxygens (including phenoxy) is 1. The van der Waals surface area contributed by atoms with Gasteiger partial charge in [-0.2, -0.15) is 0 Å². The molecular formula is C14H19NO4S. The van der Waals surface area contributed by atoms with Gasteiger partial charge in [-0.05, 0) is 37.2 Å². The molecule has 5 nitrogen and oxygen atoms in total. The van der Waals surface area contributed by atoms with Crippen molar-refractivity contribution in [3.05, 3.63) is 29.8 Å². The van der Waals surface area contributed by atoms with Crippen LogP contribution in [-0.4, -0.2) is 57.4 Å². The molecule has 1 aliphatic rings. The smallest absolute Gasteiger partial charge is 0.176 e. The van der Waals surface area contributed by atoms with Crippen molar-refractivity contribution in [2.75, 3.05) is 38.2 Å². The molecule has 1 heterocycles. The summed E-state index contributed by atoms with van der Waals surface area (Å²) in [5.74, 6) is 1.08. The third-order valence-corrected chi connectivity index (χ3v) is 5.14. The van der Waals surface area contributed by atoms with E-state index in [1.54, 1.807) is 31.4 Å². The van der Waals surface area contributed by atoms with Crippen LogP contribution in [0, 0.1) is 0 Å². The maximum atomic E-state index is 12.2. The Balaban J connectivity index is 1.96. The van der Waals surface area contributed by atoms with Crippen LogP contribution in [0.15, 0.2) is 24.3 Å². The van der Waals surface area contributed by atoms with Crippen molar-refractivity contribution in [2.45, 2.75) is 6.42 Å². The fourth-order valence-corrected chi connectivity index (χ4v) is 3.53. The van der Waals surface area contributed by atoms with E-state index in [0.29, 0.717) is 30.8 Å². The number of ketones is 1. The molecule has 0 spiro atoms. The van der Waals surface area contributed by atoms with Gasteiger partial charge in [0, 0.05) is 12.1 Å². The van der Waals surface area contributed by atoms with Gasteiger partial charge in [0.15, 0.2) is 15.6 Å². The number of carbonyl (C=O) groups excluding carboxylic acids is 1. The third kappa shape index (κ3) is 4.05. The van der Waals surface area contributed by atoms with Crippen molar-refractivity contribution in [3.8, 4) is 5.75 Å². The van der Waals surface area contributed by atoms with Gasteiger partial charge >= 0.3 is 0 Å². The molecule has 2 rings (SSSR count). The lowest BCUT2D eigenvalue weighted by Gasteiger charge is -2.18. The number of carbonyl (C=O) groups is 1. The molecule has 20 heavy (non-hydrogen) atoms. The lowest BCUT2D eigenvalue weighted by Crippen LogP contribution is -2.32. The summed E-state index contributed by atoms with van der Waals surface area (Å²) in [6, 6.07) is 6.96. The molecule has 0 aliphatic carbocycles.